The Hall–Kier alpha value is -3.18. The normalized spacial score (nSPS) is 11.6. The molecule has 0 aliphatic heterocycles. The summed E-state index contributed by atoms with van der Waals surface area (Å²) in [4.78, 5) is 10.8. The molecule has 3 aromatic carbocycles. The maximum atomic E-state index is 10.8. The van der Waals surface area contributed by atoms with Gasteiger partial charge in [0.15, 0.2) is 11.5 Å². The number of carboxylic acid groups (broad SMARTS) is 1. The zero-order chi connectivity index (χ0) is 22.9. The highest BCUT2D eigenvalue weighted by Crippen LogP contribution is 2.34. The molecule has 0 amide bonds. The Morgan fingerprint density at radius 2 is 1.78 bits per heavy atom. The molecule has 0 unspecified atom stereocenters. The molecule has 1 atom stereocenters. The number of hydrogen-bond acceptors (Lipinski definition) is 4. The highest BCUT2D eigenvalue weighted by Gasteiger charge is 2.11. The molecule has 0 aliphatic rings. The van der Waals surface area contributed by atoms with Crippen molar-refractivity contribution in [1.82, 2.24) is 0 Å². The van der Waals surface area contributed by atoms with Crippen molar-refractivity contribution in [3.63, 3.8) is 0 Å². The third kappa shape index (κ3) is 7.20. The van der Waals surface area contributed by atoms with E-state index in [1.807, 2.05) is 62.4 Å². The van der Waals surface area contributed by atoms with E-state index >= 15 is 0 Å². The summed E-state index contributed by atoms with van der Waals surface area (Å²) in [5.74, 6) is 1.84. The number of rotatable bonds is 11. The van der Waals surface area contributed by atoms with Gasteiger partial charge in [0.1, 0.15) is 11.5 Å². The van der Waals surface area contributed by atoms with Crippen LogP contribution in [0.3, 0.4) is 0 Å². The van der Waals surface area contributed by atoms with Gasteiger partial charge in [0, 0.05) is 23.9 Å². The van der Waals surface area contributed by atoms with Gasteiger partial charge in [0.25, 0.3) is 0 Å². The Morgan fingerprint density at radius 3 is 2.50 bits per heavy atom. The van der Waals surface area contributed by atoms with Gasteiger partial charge in [-0.25, -0.2) is 0 Å². The molecule has 0 saturated carbocycles. The van der Waals surface area contributed by atoms with E-state index in [9.17, 15) is 4.79 Å². The summed E-state index contributed by atoms with van der Waals surface area (Å²) in [5.41, 5.74) is 2.04. The van der Waals surface area contributed by atoms with Crippen LogP contribution in [-0.2, 0) is 11.2 Å². The van der Waals surface area contributed by atoms with Crippen LogP contribution in [0.5, 0.6) is 23.0 Å². The van der Waals surface area contributed by atoms with Crippen LogP contribution in [0.4, 0.5) is 0 Å². The van der Waals surface area contributed by atoms with E-state index in [0.717, 1.165) is 16.9 Å². The number of ether oxygens (including phenoxy) is 3. The van der Waals surface area contributed by atoms with Gasteiger partial charge in [0.2, 0.25) is 0 Å². The minimum absolute atomic E-state index is 0.0648. The number of benzene rings is 3. The number of carbonyl (C=O) groups is 1. The van der Waals surface area contributed by atoms with E-state index in [1.165, 1.54) is 0 Å². The number of halogens is 1. The third-order valence-electron chi connectivity index (χ3n) is 4.92. The van der Waals surface area contributed by atoms with E-state index in [2.05, 4.69) is 0 Å². The second kappa shape index (κ2) is 11.4. The fraction of sp³-hybridized carbons (Fsp3) is 0.269. The van der Waals surface area contributed by atoms with Crippen LogP contribution in [0.15, 0.2) is 66.7 Å². The molecule has 32 heavy (non-hydrogen) atoms. The molecule has 1 N–H and O–H groups in total. The molecule has 168 valence electrons. The zero-order valence-electron chi connectivity index (χ0n) is 18.2. The highest BCUT2D eigenvalue weighted by molar-refractivity contribution is 6.30. The quantitative estimate of drug-likeness (QED) is 0.349. The van der Waals surface area contributed by atoms with Gasteiger partial charge in [-0.3, -0.25) is 4.79 Å². The summed E-state index contributed by atoms with van der Waals surface area (Å²) < 4.78 is 17.9. The van der Waals surface area contributed by atoms with Crippen LogP contribution in [0.25, 0.3) is 0 Å². The van der Waals surface area contributed by atoms with Crippen molar-refractivity contribution in [2.24, 2.45) is 0 Å². The van der Waals surface area contributed by atoms with Crippen LogP contribution >= 0.6 is 11.6 Å². The standard InChI is InChI=1S/C26H27ClO5/c1-18-16-23(11-8-20(18)9-13-26(28)29)31-19(2)14-15-30-24-12-10-21(27)17-25(24)32-22-6-4-3-5-7-22/h3-8,10-12,16-17,19H,9,13-15H2,1-2H3,(H,28,29)/t19-/m1/s1. The van der Waals surface area contributed by atoms with Gasteiger partial charge in [-0.15, -0.1) is 0 Å². The van der Waals surface area contributed by atoms with Crippen LogP contribution in [-0.4, -0.2) is 23.8 Å². The zero-order valence-corrected chi connectivity index (χ0v) is 19.0. The number of para-hydroxylation sites is 1. The predicted octanol–water partition coefficient (Wildman–Crippen LogP) is 6.69. The fourth-order valence-electron chi connectivity index (χ4n) is 3.19. The van der Waals surface area contributed by atoms with Crippen molar-refractivity contribution in [3.8, 4) is 23.0 Å². The molecular formula is C26H27ClO5. The van der Waals surface area contributed by atoms with Gasteiger partial charge < -0.3 is 19.3 Å². The molecule has 5 nitrogen and oxygen atoms in total. The van der Waals surface area contributed by atoms with Crippen molar-refractivity contribution in [1.29, 1.82) is 0 Å². The SMILES string of the molecule is Cc1cc(O[C@H](C)CCOc2ccc(Cl)cc2Oc2ccccc2)ccc1CCC(=O)O. The van der Waals surface area contributed by atoms with Crippen molar-refractivity contribution >= 4 is 17.6 Å². The maximum absolute atomic E-state index is 10.8. The fourth-order valence-corrected chi connectivity index (χ4v) is 3.35. The van der Waals surface area contributed by atoms with Crippen molar-refractivity contribution in [2.75, 3.05) is 6.61 Å². The Labute approximate surface area is 193 Å². The second-order valence-corrected chi connectivity index (χ2v) is 7.99. The number of carboxylic acids is 1. The lowest BCUT2D eigenvalue weighted by Gasteiger charge is -2.17. The van der Waals surface area contributed by atoms with Crippen LogP contribution < -0.4 is 14.2 Å². The van der Waals surface area contributed by atoms with E-state index in [4.69, 9.17) is 30.9 Å². The van der Waals surface area contributed by atoms with Crippen LogP contribution in [0, 0.1) is 6.92 Å². The van der Waals surface area contributed by atoms with Gasteiger partial charge in [-0.2, -0.15) is 0 Å². The molecule has 6 heteroatoms. The maximum Gasteiger partial charge on any atom is 0.303 e. The molecule has 0 spiro atoms. The minimum atomic E-state index is -0.795. The first-order chi connectivity index (χ1) is 15.4. The summed E-state index contributed by atoms with van der Waals surface area (Å²) in [6.07, 6.45) is 1.24. The minimum Gasteiger partial charge on any atom is -0.491 e. The lowest BCUT2D eigenvalue weighted by atomic mass is 10.0. The molecule has 3 rings (SSSR count). The molecule has 0 aliphatic carbocycles. The van der Waals surface area contributed by atoms with Gasteiger partial charge in [-0.1, -0.05) is 35.9 Å². The molecule has 0 fully saturated rings. The Balaban J connectivity index is 1.53. The van der Waals surface area contributed by atoms with Crippen molar-refractivity contribution < 1.29 is 24.1 Å². The second-order valence-electron chi connectivity index (χ2n) is 7.55. The molecule has 0 saturated heterocycles. The number of aryl methyl sites for hydroxylation is 2. The highest BCUT2D eigenvalue weighted by atomic mass is 35.5. The average Bonchev–Trinajstić information content (AvgIpc) is 2.75. The lowest BCUT2D eigenvalue weighted by Crippen LogP contribution is -2.16. The molecule has 3 aromatic rings. The van der Waals surface area contributed by atoms with Crippen LogP contribution in [0.2, 0.25) is 5.02 Å². The van der Waals surface area contributed by atoms with Crippen molar-refractivity contribution in [3.05, 3.63) is 82.9 Å². The van der Waals surface area contributed by atoms with E-state index in [1.54, 1.807) is 18.2 Å². The number of aliphatic carboxylic acids is 1. The van der Waals surface area contributed by atoms with E-state index in [-0.39, 0.29) is 12.5 Å². The molecular weight excluding hydrogens is 428 g/mol. The topological polar surface area (TPSA) is 65.0 Å². The van der Waals surface area contributed by atoms with Gasteiger partial charge >= 0.3 is 5.97 Å². The first-order valence-corrected chi connectivity index (χ1v) is 10.9. The van der Waals surface area contributed by atoms with Crippen LogP contribution in [0.1, 0.15) is 30.9 Å². The summed E-state index contributed by atoms with van der Waals surface area (Å²) >= 11 is 6.13. The molecule has 0 heterocycles. The number of hydrogen-bond donors (Lipinski definition) is 1. The Kier molecular flexibility index (Phi) is 8.40. The van der Waals surface area contributed by atoms with Gasteiger partial charge in [-0.05, 0) is 67.8 Å². The first kappa shape index (κ1) is 23.5. The summed E-state index contributed by atoms with van der Waals surface area (Å²) in [7, 11) is 0. The third-order valence-corrected chi connectivity index (χ3v) is 5.15. The van der Waals surface area contributed by atoms with Crippen molar-refractivity contribution in [2.45, 2.75) is 39.2 Å². The van der Waals surface area contributed by atoms with E-state index < -0.39 is 5.97 Å². The monoisotopic (exact) mass is 454 g/mol. The summed E-state index contributed by atoms with van der Waals surface area (Å²) in [6.45, 7) is 4.40. The Bertz CT molecular complexity index is 1040. The predicted molar refractivity (Wildman–Crippen MR) is 125 cm³/mol. The van der Waals surface area contributed by atoms with Gasteiger partial charge in [0.05, 0.1) is 12.7 Å². The molecule has 0 radical (unpaired) electrons. The Morgan fingerprint density at radius 1 is 1.00 bits per heavy atom. The smallest absolute Gasteiger partial charge is 0.303 e. The summed E-state index contributed by atoms with van der Waals surface area (Å²) in [5, 5.41) is 9.43. The summed E-state index contributed by atoms with van der Waals surface area (Å²) in [6, 6.07) is 20.5. The first-order valence-electron chi connectivity index (χ1n) is 10.5. The molecule has 0 aromatic heterocycles. The lowest BCUT2D eigenvalue weighted by molar-refractivity contribution is -0.136. The average molecular weight is 455 g/mol. The largest absolute Gasteiger partial charge is 0.491 e. The molecule has 0 bridgehead atoms. The van der Waals surface area contributed by atoms with E-state index in [0.29, 0.717) is 41.7 Å².